The van der Waals surface area contributed by atoms with Crippen LogP contribution in [0, 0.1) is 17.8 Å². The van der Waals surface area contributed by atoms with Gasteiger partial charge in [-0.05, 0) is 31.1 Å². The maximum Gasteiger partial charge on any atom is -0.00445 e. The Morgan fingerprint density at radius 2 is 1.88 bits per heavy atom. The van der Waals surface area contributed by atoms with E-state index in [2.05, 4.69) is 44.2 Å². The average Bonchev–Trinajstić information content (AvgIpc) is 2.47. The maximum absolute atomic E-state index is 2.40. The molecule has 0 saturated heterocycles. The first kappa shape index (κ1) is 11.7. The van der Waals surface area contributed by atoms with Crippen LogP contribution in [0.4, 0.5) is 0 Å². The molecule has 0 bridgehead atoms. The monoisotopic (exact) mass is 216 g/mol. The van der Waals surface area contributed by atoms with Crippen LogP contribution < -0.4 is 0 Å². The minimum absolute atomic E-state index is 0.673. The van der Waals surface area contributed by atoms with Crippen LogP contribution in [0.2, 0.25) is 0 Å². The number of allylic oxidation sites excluding steroid dienone is 6. The quantitative estimate of drug-likeness (QED) is 0.616. The third kappa shape index (κ3) is 3.37. The highest BCUT2D eigenvalue weighted by molar-refractivity contribution is 5.27. The summed E-state index contributed by atoms with van der Waals surface area (Å²) < 4.78 is 0. The Morgan fingerprint density at radius 1 is 1.12 bits per heavy atom. The minimum Gasteiger partial charge on any atom is -0.0776 e. The molecule has 0 nitrogen and oxygen atoms in total. The molecular formula is C16H24. The summed E-state index contributed by atoms with van der Waals surface area (Å²) in [5, 5.41) is 0. The van der Waals surface area contributed by atoms with E-state index in [1.807, 2.05) is 0 Å². The maximum atomic E-state index is 2.40. The molecule has 16 heavy (non-hydrogen) atoms. The van der Waals surface area contributed by atoms with Crippen LogP contribution in [0.5, 0.6) is 0 Å². The molecule has 0 spiro atoms. The van der Waals surface area contributed by atoms with Gasteiger partial charge in [0.1, 0.15) is 0 Å². The molecule has 1 fully saturated rings. The van der Waals surface area contributed by atoms with Crippen molar-refractivity contribution < 1.29 is 0 Å². The second kappa shape index (κ2) is 5.52. The summed E-state index contributed by atoms with van der Waals surface area (Å²) in [6.07, 6.45) is 18.6. The van der Waals surface area contributed by atoms with E-state index in [0.29, 0.717) is 5.92 Å². The third-order valence-corrected chi connectivity index (χ3v) is 4.06. The summed E-state index contributed by atoms with van der Waals surface area (Å²) in [7, 11) is 0. The van der Waals surface area contributed by atoms with E-state index in [1.54, 1.807) is 0 Å². The van der Waals surface area contributed by atoms with E-state index in [0.717, 1.165) is 11.8 Å². The lowest BCUT2D eigenvalue weighted by Crippen LogP contribution is -2.14. The van der Waals surface area contributed by atoms with Gasteiger partial charge in [-0.15, -0.1) is 0 Å². The van der Waals surface area contributed by atoms with Crippen LogP contribution in [-0.4, -0.2) is 0 Å². The molecule has 0 aliphatic heterocycles. The van der Waals surface area contributed by atoms with Crippen molar-refractivity contribution in [3.63, 3.8) is 0 Å². The lowest BCUT2D eigenvalue weighted by atomic mass is 9.78. The van der Waals surface area contributed by atoms with Crippen LogP contribution in [0.25, 0.3) is 0 Å². The number of hydrogen-bond acceptors (Lipinski definition) is 0. The fraction of sp³-hybridized carbons (Fsp3) is 0.625. The highest BCUT2D eigenvalue weighted by Crippen LogP contribution is 2.33. The van der Waals surface area contributed by atoms with Crippen molar-refractivity contribution in [2.24, 2.45) is 17.8 Å². The number of hydrogen-bond donors (Lipinski definition) is 0. The van der Waals surface area contributed by atoms with Gasteiger partial charge in [0.2, 0.25) is 0 Å². The first-order valence-corrected chi connectivity index (χ1v) is 6.77. The third-order valence-electron chi connectivity index (χ3n) is 4.06. The molecule has 2 aliphatic rings. The van der Waals surface area contributed by atoms with Crippen molar-refractivity contribution in [2.75, 3.05) is 0 Å². The Bertz CT molecular complexity index is 298. The van der Waals surface area contributed by atoms with Crippen LogP contribution in [0.1, 0.15) is 46.0 Å². The van der Waals surface area contributed by atoms with Crippen molar-refractivity contribution >= 4 is 0 Å². The molecule has 1 unspecified atom stereocenters. The standard InChI is InChI=1S/C16H24/c1-13-4-3-5-15(9-6-13)12-16-10-7-14(2)8-11-16/h3-6,9,14-16H,7-8,10-12H2,1-2H3. The van der Waals surface area contributed by atoms with Gasteiger partial charge in [0, 0.05) is 0 Å². The Hall–Kier alpha value is -0.780. The van der Waals surface area contributed by atoms with Crippen LogP contribution in [0.15, 0.2) is 36.0 Å². The van der Waals surface area contributed by atoms with Crippen molar-refractivity contribution in [1.82, 2.24) is 0 Å². The smallest absolute Gasteiger partial charge is 0.00445 e. The Morgan fingerprint density at radius 3 is 2.62 bits per heavy atom. The van der Waals surface area contributed by atoms with Gasteiger partial charge in [-0.1, -0.05) is 68.6 Å². The molecule has 0 amide bonds. The van der Waals surface area contributed by atoms with Gasteiger partial charge in [-0.25, -0.2) is 0 Å². The fourth-order valence-electron chi connectivity index (χ4n) is 2.85. The van der Waals surface area contributed by atoms with Crippen molar-refractivity contribution in [1.29, 1.82) is 0 Å². The Labute approximate surface area is 100 Å². The number of rotatable bonds is 2. The highest BCUT2D eigenvalue weighted by atomic mass is 14.3. The van der Waals surface area contributed by atoms with Gasteiger partial charge in [0.25, 0.3) is 0 Å². The van der Waals surface area contributed by atoms with Gasteiger partial charge in [0.15, 0.2) is 0 Å². The van der Waals surface area contributed by atoms with Crippen molar-refractivity contribution in [3.8, 4) is 0 Å². The van der Waals surface area contributed by atoms with Gasteiger partial charge in [-0.3, -0.25) is 0 Å². The zero-order valence-corrected chi connectivity index (χ0v) is 10.7. The second-order valence-electron chi connectivity index (χ2n) is 5.68. The van der Waals surface area contributed by atoms with E-state index in [9.17, 15) is 0 Å². The first-order valence-electron chi connectivity index (χ1n) is 6.77. The molecule has 0 radical (unpaired) electrons. The lowest BCUT2D eigenvalue weighted by molar-refractivity contribution is 0.268. The Balaban J connectivity index is 1.84. The predicted octanol–water partition coefficient (Wildman–Crippen LogP) is 4.89. The fourth-order valence-corrected chi connectivity index (χ4v) is 2.85. The van der Waals surface area contributed by atoms with Crippen LogP contribution in [0.3, 0.4) is 0 Å². The summed E-state index contributed by atoms with van der Waals surface area (Å²) in [5.74, 6) is 2.61. The molecule has 0 heterocycles. The Kier molecular flexibility index (Phi) is 4.04. The van der Waals surface area contributed by atoms with E-state index in [-0.39, 0.29) is 0 Å². The predicted molar refractivity (Wildman–Crippen MR) is 71.3 cm³/mol. The summed E-state index contributed by atoms with van der Waals surface area (Å²) in [5.41, 5.74) is 1.37. The minimum atomic E-state index is 0.673. The topological polar surface area (TPSA) is 0 Å². The lowest BCUT2D eigenvalue weighted by Gasteiger charge is -2.27. The molecule has 2 aliphatic carbocycles. The molecule has 0 heteroatoms. The van der Waals surface area contributed by atoms with E-state index < -0.39 is 0 Å². The molecule has 2 rings (SSSR count). The van der Waals surface area contributed by atoms with Crippen LogP contribution >= 0.6 is 0 Å². The highest BCUT2D eigenvalue weighted by Gasteiger charge is 2.19. The van der Waals surface area contributed by atoms with Crippen molar-refractivity contribution in [2.45, 2.75) is 46.0 Å². The van der Waals surface area contributed by atoms with E-state index in [1.165, 1.54) is 37.7 Å². The molecule has 1 atom stereocenters. The SMILES string of the molecule is CC1=CC=CC(CC2CCC(C)CC2)C=C1. The van der Waals surface area contributed by atoms with E-state index in [4.69, 9.17) is 0 Å². The molecule has 0 aromatic carbocycles. The van der Waals surface area contributed by atoms with Gasteiger partial charge >= 0.3 is 0 Å². The molecule has 0 aromatic rings. The van der Waals surface area contributed by atoms with E-state index >= 15 is 0 Å². The summed E-state index contributed by atoms with van der Waals surface area (Å²) in [4.78, 5) is 0. The molecular weight excluding hydrogens is 192 g/mol. The normalized spacial score (nSPS) is 34.6. The zero-order chi connectivity index (χ0) is 11.4. The molecule has 88 valence electrons. The summed E-state index contributed by atoms with van der Waals surface area (Å²) in [6, 6.07) is 0. The van der Waals surface area contributed by atoms with Gasteiger partial charge in [-0.2, -0.15) is 0 Å². The molecule has 1 saturated carbocycles. The molecule has 0 N–H and O–H groups in total. The second-order valence-corrected chi connectivity index (χ2v) is 5.68. The van der Waals surface area contributed by atoms with Crippen LogP contribution in [-0.2, 0) is 0 Å². The zero-order valence-electron chi connectivity index (χ0n) is 10.7. The van der Waals surface area contributed by atoms with Gasteiger partial charge in [0.05, 0.1) is 0 Å². The van der Waals surface area contributed by atoms with Gasteiger partial charge < -0.3 is 0 Å². The largest absolute Gasteiger partial charge is 0.0776 e. The first-order chi connectivity index (χ1) is 7.74. The molecule has 0 aromatic heterocycles. The average molecular weight is 216 g/mol. The summed E-state index contributed by atoms with van der Waals surface area (Å²) >= 11 is 0. The summed E-state index contributed by atoms with van der Waals surface area (Å²) in [6.45, 7) is 4.57. The van der Waals surface area contributed by atoms with Crippen molar-refractivity contribution in [3.05, 3.63) is 36.0 Å².